The molecule has 0 aromatic carbocycles. The van der Waals surface area contributed by atoms with Crippen LogP contribution in [-0.2, 0) is 0 Å². The van der Waals surface area contributed by atoms with E-state index in [1.54, 1.807) is 0 Å². The quantitative estimate of drug-likeness (QED) is 0.441. The van der Waals surface area contributed by atoms with Crippen molar-refractivity contribution in [3.8, 4) is 0 Å². The lowest BCUT2D eigenvalue weighted by Crippen LogP contribution is -1.97. The first-order valence-corrected chi connectivity index (χ1v) is 4.36. The van der Waals surface area contributed by atoms with Gasteiger partial charge in [-0.1, -0.05) is 29.3 Å². The summed E-state index contributed by atoms with van der Waals surface area (Å²) in [6.45, 7) is 3.47. The van der Waals surface area contributed by atoms with E-state index in [9.17, 15) is 4.79 Å². The van der Waals surface area contributed by atoms with Crippen LogP contribution in [0.3, 0.4) is 0 Å². The summed E-state index contributed by atoms with van der Waals surface area (Å²) in [6, 6.07) is 1.50. The fourth-order valence-electron chi connectivity index (χ4n) is 0.823. The zero-order valence-electron chi connectivity index (χ0n) is 6.76. The topological polar surface area (TPSA) is 30.0 Å². The third-order valence-electron chi connectivity index (χ3n) is 1.45. The van der Waals surface area contributed by atoms with Gasteiger partial charge in [-0.05, 0) is 6.07 Å². The summed E-state index contributed by atoms with van der Waals surface area (Å²) in [5, 5.41) is 0.494. The first-order chi connectivity index (χ1) is 6.15. The zero-order valence-corrected chi connectivity index (χ0v) is 8.27. The maximum absolute atomic E-state index is 11.3. The van der Waals surface area contributed by atoms with Gasteiger partial charge in [0.2, 0.25) is 0 Å². The number of aromatic nitrogens is 1. The normalized spacial score (nSPS) is 9.69. The van der Waals surface area contributed by atoms with Gasteiger partial charge in [-0.25, -0.2) is 4.98 Å². The number of rotatable bonds is 3. The van der Waals surface area contributed by atoms with Crippen molar-refractivity contribution in [2.75, 3.05) is 0 Å². The second kappa shape index (κ2) is 4.40. The van der Waals surface area contributed by atoms with Crippen molar-refractivity contribution in [3.63, 3.8) is 0 Å². The molecule has 1 aromatic heterocycles. The Morgan fingerprint density at radius 3 is 2.85 bits per heavy atom. The molecule has 0 saturated carbocycles. The molecule has 2 nitrogen and oxygen atoms in total. The highest BCUT2D eigenvalue weighted by Crippen LogP contribution is 2.20. The van der Waals surface area contributed by atoms with Gasteiger partial charge in [0.25, 0.3) is 0 Å². The summed E-state index contributed by atoms with van der Waals surface area (Å²) in [5.74, 6) is -0.0685. The summed E-state index contributed by atoms with van der Waals surface area (Å²) in [6.07, 6.45) is 3.21. The van der Waals surface area contributed by atoms with Gasteiger partial charge in [-0.3, -0.25) is 4.79 Å². The van der Waals surface area contributed by atoms with Crippen LogP contribution in [-0.4, -0.2) is 10.8 Å². The lowest BCUT2D eigenvalue weighted by atomic mass is 10.1. The number of Topliss-reactive ketones (excluding diaryl/α,β-unsaturated/α-hetero) is 1. The molecule has 68 valence electrons. The van der Waals surface area contributed by atoms with Crippen LogP contribution in [0.4, 0.5) is 0 Å². The van der Waals surface area contributed by atoms with E-state index in [2.05, 4.69) is 11.6 Å². The van der Waals surface area contributed by atoms with Gasteiger partial charge in [-0.2, -0.15) is 0 Å². The summed E-state index contributed by atoms with van der Waals surface area (Å²) < 4.78 is 0. The number of nitrogens with zero attached hydrogens (tertiary/aromatic N) is 1. The van der Waals surface area contributed by atoms with Crippen molar-refractivity contribution >= 4 is 29.0 Å². The highest BCUT2D eigenvalue weighted by Gasteiger charge is 2.06. The lowest BCUT2D eigenvalue weighted by molar-refractivity contribution is 0.0995. The van der Waals surface area contributed by atoms with Gasteiger partial charge < -0.3 is 0 Å². The first kappa shape index (κ1) is 10.2. The summed E-state index contributed by atoms with van der Waals surface area (Å²) >= 11 is 11.3. The van der Waals surface area contributed by atoms with Crippen LogP contribution in [0, 0.1) is 0 Å². The van der Waals surface area contributed by atoms with Crippen molar-refractivity contribution in [2.24, 2.45) is 0 Å². The van der Waals surface area contributed by atoms with E-state index in [0.29, 0.717) is 5.56 Å². The van der Waals surface area contributed by atoms with Crippen LogP contribution in [0.15, 0.2) is 24.9 Å². The fourth-order valence-corrected chi connectivity index (χ4v) is 1.09. The fraction of sp³-hybridized carbons (Fsp3) is 0.111. The van der Waals surface area contributed by atoms with E-state index in [4.69, 9.17) is 23.2 Å². The first-order valence-electron chi connectivity index (χ1n) is 3.60. The van der Waals surface area contributed by atoms with Crippen LogP contribution in [0.1, 0.15) is 16.8 Å². The van der Waals surface area contributed by atoms with Gasteiger partial charge >= 0.3 is 0 Å². The Labute approximate surface area is 86.2 Å². The number of carbonyl (C=O) groups is 1. The molecule has 1 heterocycles. The Morgan fingerprint density at radius 2 is 2.31 bits per heavy atom. The van der Waals surface area contributed by atoms with Crippen LogP contribution in [0.2, 0.25) is 10.2 Å². The molecule has 0 radical (unpaired) electrons. The highest BCUT2D eigenvalue weighted by molar-refractivity contribution is 6.41. The molecule has 4 heteroatoms. The largest absolute Gasteiger partial charge is 0.294 e. The number of hydrogen-bond donors (Lipinski definition) is 0. The average Bonchev–Trinajstić information content (AvgIpc) is 2.10. The molecule has 0 aliphatic carbocycles. The van der Waals surface area contributed by atoms with Gasteiger partial charge in [0.15, 0.2) is 5.78 Å². The monoisotopic (exact) mass is 215 g/mol. The van der Waals surface area contributed by atoms with Crippen molar-refractivity contribution in [2.45, 2.75) is 6.42 Å². The maximum Gasteiger partial charge on any atom is 0.168 e. The minimum atomic E-state index is -0.0685. The van der Waals surface area contributed by atoms with Crippen LogP contribution < -0.4 is 0 Å². The van der Waals surface area contributed by atoms with E-state index in [-0.39, 0.29) is 22.4 Å². The number of halogens is 2. The third-order valence-corrected chi connectivity index (χ3v) is 2.13. The average molecular weight is 216 g/mol. The van der Waals surface area contributed by atoms with Crippen LogP contribution in [0.25, 0.3) is 0 Å². The van der Waals surface area contributed by atoms with E-state index in [1.807, 2.05) is 0 Å². The standard InChI is InChI=1S/C9H7Cl2NO/c1-2-3-8(13)6-4-7(10)9(11)12-5-6/h2,4-5H,1,3H2. The molecule has 0 N–H and O–H groups in total. The minimum Gasteiger partial charge on any atom is -0.294 e. The van der Waals surface area contributed by atoms with Gasteiger partial charge in [0.1, 0.15) is 5.15 Å². The molecule has 0 atom stereocenters. The summed E-state index contributed by atoms with van der Waals surface area (Å²) in [5.41, 5.74) is 0.453. The molecule has 13 heavy (non-hydrogen) atoms. The van der Waals surface area contributed by atoms with Crippen molar-refractivity contribution in [1.29, 1.82) is 0 Å². The predicted octanol–water partition coefficient (Wildman–Crippen LogP) is 3.15. The Morgan fingerprint density at radius 1 is 1.62 bits per heavy atom. The molecule has 0 fully saturated rings. The van der Waals surface area contributed by atoms with Crippen molar-refractivity contribution in [3.05, 3.63) is 40.7 Å². The number of pyridine rings is 1. The van der Waals surface area contributed by atoms with E-state index >= 15 is 0 Å². The molecule has 0 bridgehead atoms. The molecule has 1 rings (SSSR count). The molecular formula is C9H7Cl2NO. The van der Waals surface area contributed by atoms with E-state index in [1.165, 1.54) is 18.3 Å². The maximum atomic E-state index is 11.3. The minimum absolute atomic E-state index is 0.0685. The predicted molar refractivity (Wildman–Crippen MR) is 53.4 cm³/mol. The molecular weight excluding hydrogens is 209 g/mol. The lowest BCUT2D eigenvalue weighted by Gasteiger charge is -1.98. The second-order valence-corrected chi connectivity index (χ2v) is 3.18. The Bertz CT molecular complexity index is 349. The van der Waals surface area contributed by atoms with Crippen molar-refractivity contribution in [1.82, 2.24) is 4.98 Å². The molecule has 0 saturated heterocycles. The number of hydrogen-bond acceptors (Lipinski definition) is 2. The number of allylic oxidation sites excluding steroid dienone is 1. The number of carbonyl (C=O) groups excluding carboxylic acids is 1. The smallest absolute Gasteiger partial charge is 0.168 e. The van der Waals surface area contributed by atoms with Crippen LogP contribution >= 0.6 is 23.2 Å². The van der Waals surface area contributed by atoms with Gasteiger partial charge in [0.05, 0.1) is 5.02 Å². The molecule has 0 aliphatic rings. The SMILES string of the molecule is C=CCC(=O)c1cnc(Cl)c(Cl)c1. The Hall–Kier alpha value is -0.860. The second-order valence-electron chi connectivity index (χ2n) is 2.41. The van der Waals surface area contributed by atoms with E-state index < -0.39 is 0 Å². The molecule has 0 spiro atoms. The zero-order chi connectivity index (χ0) is 9.84. The number of ketones is 1. The van der Waals surface area contributed by atoms with Gasteiger partial charge in [-0.15, -0.1) is 6.58 Å². The van der Waals surface area contributed by atoms with Crippen LogP contribution in [0.5, 0.6) is 0 Å². The molecule has 1 aromatic rings. The molecule has 0 unspecified atom stereocenters. The Balaban J connectivity index is 2.96. The van der Waals surface area contributed by atoms with Crippen molar-refractivity contribution < 1.29 is 4.79 Å². The van der Waals surface area contributed by atoms with Gasteiger partial charge in [0, 0.05) is 18.2 Å². The van der Waals surface area contributed by atoms with E-state index in [0.717, 1.165) is 0 Å². The summed E-state index contributed by atoms with van der Waals surface area (Å²) in [4.78, 5) is 15.1. The Kier molecular flexibility index (Phi) is 3.46. The molecule has 0 amide bonds. The molecule has 0 aliphatic heterocycles. The summed E-state index contributed by atoms with van der Waals surface area (Å²) in [7, 11) is 0. The highest BCUT2D eigenvalue weighted by atomic mass is 35.5. The third kappa shape index (κ3) is 2.54.